The number of benzene rings is 3. The average Bonchev–Trinajstić information content (AvgIpc) is 3.47. The number of para-hydroxylation sites is 1. The van der Waals surface area contributed by atoms with Crippen molar-refractivity contribution < 1.29 is 42.1 Å². The monoisotopic (exact) mass is 671 g/mol. The van der Waals surface area contributed by atoms with Crippen molar-refractivity contribution in [3.05, 3.63) is 92.4 Å². The molecular weight excluding hydrogens is 647 g/mol. The molecule has 15 heteroatoms. The number of aromatic nitrogens is 1. The van der Waals surface area contributed by atoms with E-state index in [0.717, 1.165) is 35.2 Å². The Hall–Kier alpha value is -4.76. The van der Waals surface area contributed by atoms with Gasteiger partial charge in [0.05, 0.1) is 36.4 Å². The maximum absolute atomic E-state index is 14.1. The van der Waals surface area contributed by atoms with Crippen molar-refractivity contribution in [1.82, 2.24) is 4.57 Å². The third-order valence-corrected chi connectivity index (χ3v) is 10.3. The molecule has 0 spiro atoms. The van der Waals surface area contributed by atoms with Gasteiger partial charge in [0.25, 0.3) is 0 Å². The van der Waals surface area contributed by atoms with Crippen LogP contribution in [0.5, 0.6) is 17.2 Å². The van der Waals surface area contributed by atoms with Gasteiger partial charge in [-0.25, -0.2) is 4.90 Å². The number of carbonyl (C=O) groups excluding carboxylic acids is 3. The molecule has 6 rings (SSSR count). The lowest BCUT2D eigenvalue weighted by atomic mass is 9.83. The van der Waals surface area contributed by atoms with E-state index in [1.165, 1.54) is 55.2 Å². The van der Waals surface area contributed by atoms with E-state index >= 15 is 0 Å². The quantitative estimate of drug-likeness (QED) is 0.206. The van der Waals surface area contributed by atoms with Crippen LogP contribution in [0, 0.1) is 5.92 Å². The van der Waals surface area contributed by atoms with Crippen LogP contribution in [0.25, 0.3) is 0 Å². The van der Waals surface area contributed by atoms with Crippen LogP contribution in [-0.2, 0) is 27.1 Å². The van der Waals surface area contributed by atoms with E-state index in [2.05, 4.69) is 5.32 Å². The number of phenolic OH excluding ortho intramolecular Hbond substituents is 1. The Morgan fingerprint density at radius 2 is 1.65 bits per heavy atom. The highest BCUT2D eigenvalue weighted by atomic mass is 32.2. The summed E-state index contributed by atoms with van der Waals surface area (Å²) in [5, 5.41) is 11.2. The van der Waals surface area contributed by atoms with E-state index in [-0.39, 0.29) is 10.8 Å². The number of fused-ring (bicyclic) bond motifs is 2. The largest absolute Gasteiger partial charge is 0.508 e. The second-order valence-electron chi connectivity index (χ2n) is 10.4. The molecule has 2 aliphatic rings. The minimum Gasteiger partial charge on any atom is -0.508 e. The Morgan fingerprint density at radius 1 is 0.957 bits per heavy atom. The van der Waals surface area contributed by atoms with Crippen LogP contribution in [0.2, 0.25) is 0 Å². The van der Waals surface area contributed by atoms with Gasteiger partial charge in [0.1, 0.15) is 17.5 Å². The van der Waals surface area contributed by atoms with Crippen molar-refractivity contribution in [1.29, 1.82) is 0 Å². The number of thiazole rings is 1. The average molecular weight is 672 g/mol. The number of thioether (sulfide) groups is 1. The lowest BCUT2D eigenvalue weighted by Crippen LogP contribution is -2.33. The number of amides is 3. The fraction of sp³-hybridized carbons (Fsp3) is 0.226. The highest BCUT2D eigenvalue weighted by Gasteiger charge is 2.58. The Balaban J connectivity index is 1.46. The molecule has 1 fully saturated rings. The molecule has 46 heavy (non-hydrogen) atoms. The number of rotatable bonds is 7. The third kappa shape index (κ3) is 5.38. The fourth-order valence-electron chi connectivity index (χ4n) is 5.70. The molecule has 0 aliphatic carbocycles. The van der Waals surface area contributed by atoms with Crippen LogP contribution in [0.3, 0.4) is 0 Å². The zero-order valence-corrected chi connectivity index (χ0v) is 25.7. The number of phenols is 1. The molecule has 10 nitrogen and oxygen atoms in total. The van der Waals surface area contributed by atoms with Crippen molar-refractivity contribution in [3.63, 3.8) is 0 Å². The van der Waals surface area contributed by atoms with E-state index in [9.17, 15) is 37.5 Å². The maximum atomic E-state index is 14.1. The standard InChI is InChI=1S/C31H24F3N3O7S2/c1-43-20-12-7-15(13-21(20)44-2)23-24-25(28(41)37(27(24)40)19-6-4-3-5-18(19)31(32,33)34)45-29-26(23)46-30(42)36(29)14-22(39)35-16-8-10-17(38)11-9-16/h3-13,23-25,38H,14H2,1-2H3,(H,35,39). The maximum Gasteiger partial charge on any atom is 0.418 e. The molecule has 0 radical (unpaired) electrons. The number of hydrogen-bond donors (Lipinski definition) is 2. The predicted molar refractivity (Wildman–Crippen MR) is 164 cm³/mol. The zero-order chi connectivity index (χ0) is 32.9. The number of aromatic hydroxyl groups is 1. The van der Waals surface area contributed by atoms with Gasteiger partial charge < -0.3 is 19.9 Å². The van der Waals surface area contributed by atoms with E-state index in [4.69, 9.17) is 9.47 Å². The van der Waals surface area contributed by atoms with Gasteiger partial charge in [0, 0.05) is 16.5 Å². The van der Waals surface area contributed by atoms with E-state index in [1.54, 1.807) is 18.2 Å². The van der Waals surface area contributed by atoms with Crippen molar-refractivity contribution >= 4 is 52.2 Å². The van der Waals surface area contributed by atoms with Gasteiger partial charge in [-0.05, 0) is 54.1 Å². The molecule has 3 heterocycles. The van der Waals surface area contributed by atoms with Gasteiger partial charge in [-0.2, -0.15) is 13.2 Å². The number of carbonyl (C=O) groups is 3. The number of nitrogens with one attached hydrogen (secondary N) is 1. The smallest absolute Gasteiger partial charge is 0.418 e. The summed E-state index contributed by atoms with van der Waals surface area (Å²) in [5.41, 5.74) is -0.893. The molecule has 3 aromatic carbocycles. The van der Waals surface area contributed by atoms with Crippen molar-refractivity contribution in [3.8, 4) is 17.2 Å². The van der Waals surface area contributed by atoms with Crippen molar-refractivity contribution in [2.75, 3.05) is 24.4 Å². The molecule has 2 N–H and O–H groups in total. The molecule has 3 atom stereocenters. The van der Waals surface area contributed by atoms with Crippen LogP contribution in [0.4, 0.5) is 24.5 Å². The summed E-state index contributed by atoms with van der Waals surface area (Å²) in [6, 6.07) is 14.9. The molecule has 1 aromatic heterocycles. The number of ether oxygens (including phenoxy) is 2. The highest BCUT2D eigenvalue weighted by molar-refractivity contribution is 8.00. The van der Waals surface area contributed by atoms with Gasteiger partial charge >= 0.3 is 11.0 Å². The number of hydrogen-bond acceptors (Lipinski definition) is 9. The normalized spacial score (nSPS) is 19.1. The van der Waals surface area contributed by atoms with Crippen LogP contribution < -0.4 is 24.6 Å². The number of halogens is 3. The summed E-state index contributed by atoms with van der Waals surface area (Å²) in [6.45, 7) is -0.447. The Bertz CT molecular complexity index is 1920. The second kappa shape index (κ2) is 11.9. The Labute approximate surface area is 267 Å². The number of methoxy groups -OCH3 is 2. The Kier molecular flexibility index (Phi) is 8.06. The third-order valence-electron chi connectivity index (χ3n) is 7.72. The van der Waals surface area contributed by atoms with Crippen LogP contribution >= 0.6 is 23.1 Å². The van der Waals surface area contributed by atoms with Gasteiger partial charge in [-0.1, -0.05) is 41.3 Å². The summed E-state index contributed by atoms with van der Waals surface area (Å²) >= 11 is 1.67. The molecule has 0 bridgehead atoms. The SMILES string of the molecule is COc1ccc(C2c3sc(=O)n(CC(=O)Nc4ccc(O)cc4)c3SC3C(=O)N(c4ccccc4C(F)(F)F)C(=O)C32)cc1OC. The van der Waals surface area contributed by atoms with Gasteiger partial charge in [-0.15, -0.1) is 0 Å². The number of anilines is 2. The minimum atomic E-state index is -4.84. The van der Waals surface area contributed by atoms with Gasteiger partial charge in [0.2, 0.25) is 17.7 Å². The molecule has 1 saturated heterocycles. The molecular formula is C31H24F3N3O7S2. The van der Waals surface area contributed by atoms with Crippen LogP contribution in [-0.4, -0.2) is 46.9 Å². The minimum absolute atomic E-state index is 0.00374. The fourth-order valence-corrected chi connectivity index (χ4v) is 8.47. The summed E-state index contributed by atoms with van der Waals surface area (Å²) in [6.07, 6.45) is -4.84. The van der Waals surface area contributed by atoms with E-state index < -0.39 is 63.7 Å². The number of imide groups is 1. The predicted octanol–water partition coefficient (Wildman–Crippen LogP) is 5.09. The van der Waals surface area contributed by atoms with Crippen LogP contribution in [0.1, 0.15) is 21.9 Å². The number of nitrogens with zero attached hydrogens (tertiary/aromatic N) is 2. The molecule has 238 valence electrons. The van der Waals surface area contributed by atoms with Gasteiger partial charge in [0.15, 0.2) is 11.5 Å². The second-order valence-corrected chi connectivity index (χ2v) is 12.5. The first-order valence-electron chi connectivity index (χ1n) is 13.7. The molecule has 0 saturated carbocycles. The first-order chi connectivity index (χ1) is 21.9. The molecule has 4 aromatic rings. The molecule has 3 amide bonds. The van der Waals surface area contributed by atoms with Crippen LogP contribution in [0.15, 0.2) is 76.6 Å². The first-order valence-corrected chi connectivity index (χ1v) is 15.4. The lowest BCUT2D eigenvalue weighted by molar-refractivity contribution is -0.137. The Morgan fingerprint density at radius 3 is 2.33 bits per heavy atom. The topological polar surface area (TPSA) is 127 Å². The summed E-state index contributed by atoms with van der Waals surface area (Å²) in [7, 11) is 2.85. The van der Waals surface area contributed by atoms with Gasteiger partial charge in [-0.3, -0.25) is 23.7 Å². The van der Waals surface area contributed by atoms with E-state index in [0.29, 0.717) is 32.5 Å². The molecule has 3 unspecified atom stereocenters. The summed E-state index contributed by atoms with van der Waals surface area (Å²) < 4.78 is 54.0. The summed E-state index contributed by atoms with van der Waals surface area (Å²) in [5.74, 6) is -3.74. The zero-order valence-electron chi connectivity index (χ0n) is 24.0. The molecule has 2 aliphatic heterocycles. The number of alkyl halides is 3. The van der Waals surface area contributed by atoms with Crippen molar-refractivity contribution in [2.24, 2.45) is 5.92 Å². The van der Waals surface area contributed by atoms with E-state index in [1.807, 2.05) is 0 Å². The first kappa shape index (κ1) is 31.2. The lowest BCUT2D eigenvalue weighted by Gasteiger charge is -2.31. The summed E-state index contributed by atoms with van der Waals surface area (Å²) in [4.78, 5) is 54.9. The van der Waals surface area contributed by atoms with Crippen molar-refractivity contribution in [2.45, 2.75) is 28.9 Å². The highest BCUT2D eigenvalue weighted by Crippen LogP contribution is 2.55.